The van der Waals surface area contributed by atoms with Crippen molar-refractivity contribution >= 4 is 17.8 Å². The minimum Gasteiger partial charge on any atom is -0.338 e. The lowest BCUT2D eigenvalue weighted by Gasteiger charge is -2.42. The van der Waals surface area contributed by atoms with Crippen LogP contribution in [-0.4, -0.2) is 57.7 Å². The van der Waals surface area contributed by atoms with Crippen LogP contribution in [0.2, 0.25) is 0 Å². The van der Waals surface area contributed by atoms with E-state index in [0.29, 0.717) is 44.6 Å². The number of hydrogen-bond donors (Lipinski definition) is 0. The summed E-state index contributed by atoms with van der Waals surface area (Å²) < 4.78 is 0. The Morgan fingerprint density at radius 2 is 1.68 bits per heavy atom. The molecular formula is C25H29N3O3. The van der Waals surface area contributed by atoms with Crippen LogP contribution in [0.5, 0.6) is 0 Å². The second kappa shape index (κ2) is 8.17. The molecule has 4 rings (SSSR count). The Bertz CT molecular complexity index is 1010. The summed E-state index contributed by atoms with van der Waals surface area (Å²) in [6.07, 6.45) is 0.912. The second-order valence-corrected chi connectivity index (χ2v) is 8.55. The Kier molecular flexibility index (Phi) is 5.56. The molecule has 4 amide bonds. The molecule has 2 aliphatic rings. The molecule has 2 aromatic rings. The summed E-state index contributed by atoms with van der Waals surface area (Å²) in [7, 11) is 0. The van der Waals surface area contributed by atoms with Crippen molar-refractivity contribution < 1.29 is 14.4 Å². The molecule has 0 unspecified atom stereocenters. The van der Waals surface area contributed by atoms with E-state index in [2.05, 4.69) is 0 Å². The summed E-state index contributed by atoms with van der Waals surface area (Å²) in [5.74, 6) is -0.138. The number of imide groups is 1. The SMILES string of the molecule is CCN1C(=O)N(Cc2ccccc2)C2(CCN(C(=O)c3ccc(C)cc3C)CC2)C1=O. The second-order valence-electron chi connectivity index (χ2n) is 8.55. The van der Waals surface area contributed by atoms with Gasteiger partial charge in [0, 0.05) is 31.7 Å². The Labute approximate surface area is 183 Å². The average molecular weight is 420 g/mol. The lowest BCUT2D eigenvalue weighted by atomic mass is 9.85. The standard InChI is InChI=1S/C25H29N3O3/c1-4-27-23(30)25(28(24(27)31)17-20-8-6-5-7-9-20)12-14-26(15-13-25)22(29)21-11-10-18(2)16-19(21)3/h5-11,16H,4,12-15,17H2,1-3H3. The number of benzene rings is 2. The van der Waals surface area contributed by atoms with Crippen LogP contribution in [-0.2, 0) is 11.3 Å². The van der Waals surface area contributed by atoms with E-state index in [9.17, 15) is 14.4 Å². The van der Waals surface area contributed by atoms with E-state index >= 15 is 0 Å². The van der Waals surface area contributed by atoms with Crippen molar-refractivity contribution in [2.75, 3.05) is 19.6 Å². The fourth-order valence-corrected chi connectivity index (χ4v) is 4.83. The highest BCUT2D eigenvalue weighted by Crippen LogP contribution is 2.38. The third-order valence-electron chi connectivity index (χ3n) is 6.61. The predicted octanol–water partition coefficient (Wildman–Crippen LogP) is 3.76. The Balaban J connectivity index is 1.57. The van der Waals surface area contributed by atoms with E-state index in [1.165, 1.54) is 4.90 Å². The molecular weight excluding hydrogens is 390 g/mol. The molecule has 2 aromatic carbocycles. The fourth-order valence-electron chi connectivity index (χ4n) is 4.83. The van der Waals surface area contributed by atoms with Gasteiger partial charge in [0.2, 0.25) is 0 Å². The monoisotopic (exact) mass is 419 g/mol. The fraction of sp³-hybridized carbons (Fsp3) is 0.400. The smallest absolute Gasteiger partial charge is 0.327 e. The third kappa shape index (κ3) is 3.60. The lowest BCUT2D eigenvalue weighted by molar-refractivity contribution is -0.135. The van der Waals surface area contributed by atoms with Crippen molar-refractivity contribution in [3.05, 3.63) is 70.8 Å². The molecule has 31 heavy (non-hydrogen) atoms. The number of carbonyl (C=O) groups is 3. The summed E-state index contributed by atoms with van der Waals surface area (Å²) in [6.45, 7) is 7.44. The van der Waals surface area contributed by atoms with Crippen molar-refractivity contribution in [2.24, 2.45) is 0 Å². The molecule has 0 aromatic heterocycles. The Morgan fingerprint density at radius 3 is 2.29 bits per heavy atom. The zero-order valence-electron chi connectivity index (χ0n) is 18.4. The van der Waals surface area contributed by atoms with Gasteiger partial charge >= 0.3 is 6.03 Å². The van der Waals surface area contributed by atoms with E-state index in [-0.39, 0.29) is 17.8 Å². The maximum Gasteiger partial charge on any atom is 0.327 e. The molecule has 1 spiro atoms. The third-order valence-corrected chi connectivity index (χ3v) is 6.61. The van der Waals surface area contributed by atoms with Gasteiger partial charge in [0.1, 0.15) is 5.54 Å². The van der Waals surface area contributed by atoms with Crippen LogP contribution in [0.15, 0.2) is 48.5 Å². The molecule has 2 aliphatic heterocycles. The van der Waals surface area contributed by atoms with Gasteiger partial charge in [0.15, 0.2) is 0 Å². The molecule has 0 bridgehead atoms. The number of urea groups is 1. The molecule has 2 heterocycles. The molecule has 0 atom stereocenters. The van der Waals surface area contributed by atoms with Gasteiger partial charge in [-0.25, -0.2) is 4.79 Å². The van der Waals surface area contributed by atoms with Gasteiger partial charge in [0.25, 0.3) is 11.8 Å². The molecule has 6 nitrogen and oxygen atoms in total. The number of aryl methyl sites for hydroxylation is 2. The van der Waals surface area contributed by atoms with E-state index < -0.39 is 5.54 Å². The van der Waals surface area contributed by atoms with Crippen molar-refractivity contribution in [3.8, 4) is 0 Å². The first-order chi connectivity index (χ1) is 14.9. The molecule has 2 saturated heterocycles. The Hall–Kier alpha value is -3.15. The molecule has 6 heteroatoms. The molecule has 0 saturated carbocycles. The molecule has 0 aliphatic carbocycles. The number of carbonyl (C=O) groups excluding carboxylic acids is 3. The number of amides is 4. The van der Waals surface area contributed by atoms with Gasteiger partial charge in [-0.05, 0) is 50.8 Å². The topological polar surface area (TPSA) is 60.9 Å². The number of nitrogens with zero attached hydrogens (tertiary/aromatic N) is 3. The van der Waals surface area contributed by atoms with Gasteiger partial charge in [-0.3, -0.25) is 14.5 Å². The van der Waals surface area contributed by atoms with Crippen LogP contribution in [0.3, 0.4) is 0 Å². The van der Waals surface area contributed by atoms with Crippen LogP contribution in [0.4, 0.5) is 4.79 Å². The van der Waals surface area contributed by atoms with Crippen LogP contribution < -0.4 is 0 Å². The number of likely N-dealkylation sites (tertiary alicyclic amines) is 1. The summed E-state index contributed by atoms with van der Waals surface area (Å²) in [5, 5.41) is 0. The number of piperidine rings is 1. The normalized spacial score (nSPS) is 18.2. The molecule has 0 N–H and O–H groups in total. The molecule has 162 valence electrons. The highest BCUT2D eigenvalue weighted by atomic mass is 16.2. The summed E-state index contributed by atoms with van der Waals surface area (Å²) in [6, 6.07) is 15.4. The van der Waals surface area contributed by atoms with E-state index in [4.69, 9.17) is 0 Å². The molecule has 0 radical (unpaired) electrons. The van der Waals surface area contributed by atoms with E-state index in [0.717, 1.165) is 16.7 Å². The van der Waals surface area contributed by atoms with Gasteiger partial charge < -0.3 is 9.80 Å². The van der Waals surface area contributed by atoms with Crippen molar-refractivity contribution in [2.45, 2.75) is 45.7 Å². The van der Waals surface area contributed by atoms with Crippen molar-refractivity contribution in [1.82, 2.24) is 14.7 Å². The summed E-state index contributed by atoms with van der Waals surface area (Å²) in [5.41, 5.74) is 2.90. The summed E-state index contributed by atoms with van der Waals surface area (Å²) in [4.78, 5) is 44.4. The zero-order chi connectivity index (χ0) is 22.2. The lowest BCUT2D eigenvalue weighted by Crippen LogP contribution is -2.57. The first kappa shape index (κ1) is 21.1. The quantitative estimate of drug-likeness (QED) is 0.709. The Morgan fingerprint density at radius 1 is 1.00 bits per heavy atom. The highest BCUT2D eigenvalue weighted by Gasteiger charge is 2.57. The number of hydrogen-bond acceptors (Lipinski definition) is 3. The number of rotatable bonds is 4. The van der Waals surface area contributed by atoms with Gasteiger partial charge in [-0.1, -0.05) is 48.0 Å². The molecule has 2 fully saturated rings. The van der Waals surface area contributed by atoms with Crippen LogP contribution >= 0.6 is 0 Å². The average Bonchev–Trinajstić information content (AvgIpc) is 2.95. The summed E-state index contributed by atoms with van der Waals surface area (Å²) >= 11 is 0. The maximum absolute atomic E-state index is 13.3. The van der Waals surface area contributed by atoms with Crippen LogP contribution in [0.25, 0.3) is 0 Å². The van der Waals surface area contributed by atoms with Crippen LogP contribution in [0, 0.1) is 13.8 Å². The zero-order valence-corrected chi connectivity index (χ0v) is 18.4. The van der Waals surface area contributed by atoms with Crippen molar-refractivity contribution in [1.29, 1.82) is 0 Å². The van der Waals surface area contributed by atoms with E-state index in [1.807, 2.05) is 74.2 Å². The van der Waals surface area contributed by atoms with Crippen molar-refractivity contribution in [3.63, 3.8) is 0 Å². The first-order valence-electron chi connectivity index (χ1n) is 10.9. The first-order valence-corrected chi connectivity index (χ1v) is 10.9. The van der Waals surface area contributed by atoms with Gasteiger partial charge in [-0.2, -0.15) is 0 Å². The largest absolute Gasteiger partial charge is 0.338 e. The van der Waals surface area contributed by atoms with Crippen LogP contribution in [0.1, 0.15) is 46.8 Å². The minimum absolute atomic E-state index is 0.00826. The van der Waals surface area contributed by atoms with E-state index in [1.54, 1.807) is 4.90 Å². The van der Waals surface area contributed by atoms with Gasteiger partial charge in [0.05, 0.1) is 0 Å². The predicted molar refractivity (Wildman–Crippen MR) is 119 cm³/mol. The highest BCUT2D eigenvalue weighted by molar-refractivity contribution is 6.07. The number of likely N-dealkylation sites (N-methyl/N-ethyl adjacent to an activating group) is 1. The maximum atomic E-state index is 13.3. The van der Waals surface area contributed by atoms with Gasteiger partial charge in [-0.15, -0.1) is 0 Å². The minimum atomic E-state index is -0.873.